The number of anilines is 1. The topological polar surface area (TPSA) is 86.8 Å². The van der Waals surface area contributed by atoms with E-state index < -0.39 is 28.5 Å². The highest BCUT2D eigenvalue weighted by atomic mass is 32.2. The number of likely N-dealkylation sites (N-methyl/N-ethyl adjacent to an activating group) is 1. The average molecular weight is 536 g/mol. The minimum atomic E-state index is -4.08. The third-order valence-electron chi connectivity index (χ3n) is 6.60. The first-order chi connectivity index (χ1) is 18.1. The van der Waals surface area contributed by atoms with Crippen molar-refractivity contribution in [3.8, 4) is 0 Å². The molecule has 0 aliphatic carbocycles. The Morgan fingerprint density at radius 2 is 1.53 bits per heavy atom. The van der Waals surface area contributed by atoms with E-state index in [1.165, 1.54) is 4.90 Å². The van der Waals surface area contributed by atoms with E-state index in [4.69, 9.17) is 0 Å². The average Bonchev–Trinajstić information content (AvgIpc) is 2.89. The molecule has 0 saturated heterocycles. The van der Waals surface area contributed by atoms with Crippen LogP contribution in [0.4, 0.5) is 5.69 Å². The van der Waals surface area contributed by atoms with Gasteiger partial charge in [-0.3, -0.25) is 13.9 Å². The monoisotopic (exact) mass is 535 g/mol. The van der Waals surface area contributed by atoms with Gasteiger partial charge in [0.2, 0.25) is 11.8 Å². The number of amides is 2. The summed E-state index contributed by atoms with van der Waals surface area (Å²) in [7, 11) is -4.08. The van der Waals surface area contributed by atoms with Crippen LogP contribution in [0.2, 0.25) is 0 Å². The van der Waals surface area contributed by atoms with Crippen molar-refractivity contribution in [1.29, 1.82) is 0 Å². The molecule has 0 aromatic heterocycles. The highest BCUT2D eigenvalue weighted by molar-refractivity contribution is 7.92. The van der Waals surface area contributed by atoms with E-state index in [9.17, 15) is 18.0 Å². The van der Waals surface area contributed by atoms with E-state index in [1.54, 1.807) is 36.4 Å². The third-order valence-corrected chi connectivity index (χ3v) is 8.39. The van der Waals surface area contributed by atoms with Gasteiger partial charge in [-0.25, -0.2) is 8.42 Å². The Hall–Kier alpha value is -3.65. The summed E-state index contributed by atoms with van der Waals surface area (Å²) in [4.78, 5) is 28.5. The first kappa shape index (κ1) is 28.9. The van der Waals surface area contributed by atoms with Crippen molar-refractivity contribution in [2.45, 2.75) is 58.5 Å². The lowest BCUT2D eigenvalue weighted by atomic mass is 10.1. The molecule has 0 radical (unpaired) electrons. The Kier molecular flexibility index (Phi) is 9.69. The standard InChI is InChI=1S/C30H37N3O4S/c1-6-28(30(35)31-7-2)32(20-25-11-9-8-10-12-25)29(34)21-33(26-16-15-23(4)24(5)19-26)38(36,37)27-17-13-22(3)14-18-27/h8-19,28H,6-7,20-21H2,1-5H3,(H,31,35). The van der Waals surface area contributed by atoms with Gasteiger partial charge in [0, 0.05) is 13.1 Å². The molecule has 0 aliphatic rings. The molecule has 1 unspecified atom stereocenters. The lowest BCUT2D eigenvalue weighted by molar-refractivity contribution is -0.140. The first-order valence-corrected chi connectivity index (χ1v) is 14.3. The van der Waals surface area contributed by atoms with Crippen molar-refractivity contribution in [2.24, 2.45) is 0 Å². The number of aryl methyl sites for hydroxylation is 3. The fraction of sp³-hybridized carbons (Fsp3) is 0.333. The van der Waals surface area contributed by atoms with Crippen LogP contribution in [0.15, 0.2) is 77.7 Å². The van der Waals surface area contributed by atoms with Gasteiger partial charge in [0.15, 0.2) is 0 Å². The Bertz CT molecular complexity index is 1360. The van der Waals surface area contributed by atoms with Gasteiger partial charge in [-0.15, -0.1) is 0 Å². The zero-order chi connectivity index (χ0) is 27.9. The molecule has 3 rings (SSSR count). The van der Waals surface area contributed by atoms with Crippen LogP contribution in [-0.4, -0.2) is 44.3 Å². The van der Waals surface area contributed by atoms with Crippen molar-refractivity contribution in [1.82, 2.24) is 10.2 Å². The third kappa shape index (κ3) is 6.81. The number of hydrogen-bond donors (Lipinski definition) is 1. The van der Waals surface area contributed by atoms with Gasteiger partial charge >= 0.3 is 0 Å². The molecule has 0 aliphatic heterocycles. The lowest BCUT2D eigenvalue weighted by Crippen LogP contribution is -2.52. The second-order valence-electron chi connectivity index (χ2n) is 9.42. The Balaban J connectivity index is 2.07. The van der Waals surface area contributed by atoms with Gasteiger partial charge in [-0.2, -0.15) is 0 Å². The van der Waals surface area contributed by atoms with E-state index in [-0.39, 0.29) is 17.3 Å². The van der Waals surface area contributed by atoms with Crippen molar-refractivity contribution in [3.63, 3.8) is 0 Å². The SMILES string of the molecule is CCNC(=O)C(CC)N(Cc1ccccc1)C(=O)CN(c1ccc(C)c(C)c1)S(=O)(=O)c1ccc(C)cc1. The number of carbonyl (C=O) groups is 2. The number of hydrogen-bond acceptors (Lipinski definition) is 4. The Morgan fingerprint density at radius 1 is 0.868 bits per heavy atom. The molecule has 1 atom stereocenters. The summed E-state index contributed by atoms with van der Waals surface area (Å²) in [5, 5.41) is 2.81. The molecule has 3 aromatic carbocycles. The van der Waals surface area contributed by atoms with Gasteiger partial charge in [0.25, 0.3) is 10.0 Å². The number of carbonyl (C=O) groups excluding carboxylic acids is 2. The summed E-state index contributed by atoms with van der Waals surface area (Å²) >= 11 is 0. The molecule has 0 heterocycles. The van der Waals surface area contributed by atoms with Gasteiger partial charge in [0.1, 0.15) is 12.6 Å². The molecule has 1 N–H and O–H groups in total. The van der Waals surface area contributed by atoms with Crippen LogP contribution < -0.4 is 9.62 Å². The summed E-state index contributed by atoms with van der Waals surface area (Å²) in [6.07, 6.45) is 0.388. The summed E-state index contributed by atoms with van der Waals surface area (Å²) in [6.45, 7) is 9.57. The number of nitrogens with one attached hydrogen (secondary N) is 1. The number of sulfonamides is 1. The van der Waals surface area contributed by atoms with Crippen LogP contribution in [0, 0.1) is 20.8 Å². The molecular weight excluding hydrogens is 498 g/mol. The molecule has 38 heavy (non-hydrogen) atoms. The van der Waals surface area contributed by atoms with Crippen LogP contribution in [-0.2, 0) is 26.2 Å². The van der Waals surface area contributed by atoms with Crippen LogP contribution >= 0.6 is 0 Å². The lowest BCUT2D eigenvalue weighted by Gasteiger charge is -2.33. The van der Waals surface area contributed by atoms with Crippen molar-refractivity contribution >= 4 is 27.5 Å². The minimum absolute atomic E-state index is 0.0968. The molecule has 0 spiro atoms. The maximum Gasteiger partial charge on any atom is 0.264 e. The van der Waals surface area contributed by atoms with E-state index in [2.05, 4.69) is 5.32 Å². The van der Waals surface area contributed by atoms with Crippen LogP contribution in [0.3, 0.4) is 0 Å². The Morgan fingerprint density at radius 3 is 2.11 bits per heavy atom. The van der Waals surface area contributed by atoms with Crippen molar-refractivity contribution in [3.05, 3.63) is 95.1 Å². The molecule has 2 amide bonds. The largest absolute Gasteiger partial charge is 0.355 e. The van der Waals surface area contributed by atoms with Gasteiger partial charge in [0.05, 0.1) is 10.6 Å². The fourth-order valence-electron chi connectivity index (χ4n) is 4.24. The van der Waals surface area contributed by atoms with E-state index >= 15 is 0 Å². The molecule has 7 nitrogen and oxygen atoms in total. The predicted octanol–water partition coefficient (Wildman–Crippen LogP) is 4.75. The molecule has 0 bridgehead atoms. The quantitative estimate of drug-likeness (QED) is 0.384. The van der Waals surface area contributed by atoms with Crippen molar-refractivity contribution in [2.75, 3.05) is 17.4 Å². The molecular formula is C30H37N3O4S. The molecule has 202 valence electrons. The van der Waals surface area contributed by atoms with E-state index in [0.717, 1.165) is 26.6 Å². The second-order valence-corrected chi connectivity index (χ2v) is 11.3. The van der Waals surface area contributed by atoms with Crippen LogP contribution in [0.5, 0.6) is 0 Å². The molecule has 3 aromatic rings. The maximum absolute atomic E-state index is 14.0. The number of benzene rings is 3. The summed E-state index contributed by atoms with van der Waals surface area (Å²) in [6, 6.07) is 20.5. The van der Waals surface area contributed by atoms with E-state index in [1.807, 2.05) is 71.0 Å². The molecule has 8 heteroatoms. The van der Waals surface area contributed by atoms with Crippen LogP contribution in [0.1, 0.15) is 42.5 Å². The van der Waals surface area contributed by atoms with Gasteiger partial charge in [-0.05, 0) is 75.1 Å². The Labute approximate surface area is 226 Å². The minimum Gasteiger partial charge on any atom is -0.355 e. The highest BCUT2D eigenvalue weighted by Crippen LogP contribution is 2.27. The van der Waals surface area contributed by atoms with Gasteiger partial charge < -0.3 is 10.2 Å². The van der Waals surface area contributed by atoms with Crippen LogP contribution in [0.25, 0.3) is 0 Å². The zero-order valence-electron chi connectivity index (χ0n) is 22.8. The second kappa shape index (κ2) is 12.7. The predicted molar refractivity (Wildman–Crippen MR) is 151 cm³/mol. The van der Waals surface area contributed by atoms with Crippen molar-refractivity contribution < 1.29 is 18.0 Å². The molecule has 0 fully saturated rings. The van der Waals surface area contributed by atoms with Gasteiger partial charge in [-0.1, -0.05) is 61.0 Å². The normalized spacial score (nSPS) is 12.0. The zero-order valence-corrected chi connectivity index (χ0v) is 23.6. The maximum atomic E-state index is 14.0. The molecule has 0 saturated carbocycles. The smallest absolute Gasteiger partial charge is 0.264 e. The highest BCUT2D eigenvalue weighted by Gasteiger charge is 2.33. The summed E-state index contributed by atoms with van der Waals surface area (Å²) in [5.74, 6) is -0.723. The number of nitrogens with zero attached hydrogens (tertiary/aromatic N) is 2. The summed E-state index contributed by atoms with van der Waals surface area (Å²) < 4.78 is 29.0. The van der Waals surface area contributed by atoms with E-state index in [0.29, 0.717) is 18.7 Å². The summed E-state index contributed by atoms with van der Waals surface area (Å²) in [5.41, 5.74) is 4.10. The fourth-order valence-corrected chi connectivity index (χ4v) is 5.64. The number of rotatable bonds is 11. The first-order valence-electron chi connectivity index (χ1n) is 12.9.